The molecule has 0 saturated heterocycles. The summed E-state index contributed by atoms with van der Waals surface area (Å²) in [5.74, 6) is -0.242. The second-order valence-corrected chi connectivity index (χ2v) is 12.9. The van der Waals surface area contributed by atoms with E-state index in [4.69, 9.17) is 9.15 Å². The van der Waals surface area contributed by atoms with E-state index in [1.165, 1.54) is 12.0 Å². The third kappa shape index (κ3) is 5.33. The van der Waals surface area contributed by atoms with Crippen LogP contribution in [-0.2, 0) is 12.0 Å². The quantitative estimate of drug-likeness (QED) is 0.155. The maximum absolute atomic E-state index is 14.4. The molecule has 2 atom stereocenters. The normalized spacial score (nSPS) is 17.0. The van der Waals surface area contributed by atoms with Gasteiger partial charge in [-0.05, 0) is 63.7 Å². The maximum atomic E-state index is 14.4. The lowest BCUT2D eigenvalue weighted by molar-refractivity contribution is -0.155. The molecule has 0 saturated carbocycles. The molecule has 10 heteroatoms. The monoisotopic (exact) mass is 713 g/mol. The highest BCUT2D eigenvalue weighted by molar-refractivity contribution is 9.10. The Morgan fingerprint density at radius 3 is 1.98 bits per heavy atom. The molecule has 244 valence electrons. The third-order valence-corrected chi connectivity index (χ3v) is 9.61. The van der Waals surface area contributed by atoms with Crippen molar-refractivity contribution < 1.29 is 22.3 Å². The molecule has 6 aromatic rings. The van der Waals surface area contributed by atoms with Crippen LogP contribution in [0, 0.1) is 0 Å². The molecule has 0 bridgehead atoms. The Balaban J connectivity index is 1.55. The van der Waals surface area contributed by atoms with E-state index >= 15 is 0 Å². The Bertz CT molecular complexity index is 2040. The van der Waals surface area contributed by atoms with Crippen LogP contribution in [-0.4, -0.2) is 40.3 Å². The Kier molecular flexibility index (Phi) is 8.25. The smallest absolute Gasteiger partial charge is 0.421 e. The molecule has 0 N–H and O–H groups in total. The van der Waals surface area contributed by atoms with Crippen molar-refractivity contribution in [2.24, 2.45) is 0 Å². The Labute approximate surface area is 283 Å². The number of ether oxygens (including phenoxy) is 1. The molecule has 48 heavy (non-hydrogen) atoms. The molecule has 4 aromatic carbocycles. The lowest BCUT2D eigenvalue weighted by atomic mass is 9.76. The first-order chi connectivity index (χ1) is 23.1. The van der Waals surface area contributed by atoms with Gasteiger partial charge in [0.25, 0.3) is 0 Å². The molecular weight excluding hydrogens is 683 g/mol. The van der Waals surface area contributed by atoms with Crippen molar-refractivity contribution in [3.63, 3.8) is 0 Å². The number of nitrogens with zero attached hydrogens (tertiary/aromatic N) is 3. The van der Waals surface area contributed by atoms with Gasteiger partial charge in [-0.15, -0.1) is 0 Å². The molecule has 7 rings (SSSR count). The van der Waals surface area contributed by atoms with E-state index in [1.54, 1.807) is 35.9 Å². The highest BCUT2D eigenvalue weighted by Gasteiger charge is 2.45. The lowest BCUT2D eigenvalue weighted by Crippen LogP contribution is -2.47. The van der Waals surface area contributed by atoms with Crippen LogP contribution in [0.25, 0.3) is 11.1 Å². The van der Waals surface area contributed by atoms with E-state index in [2.05, 4.69) is 20.9 Å². The van der Waals surface area contributed by atoms with E-state index in [0.717, 1.165) is 16.7 Å². The highest BCUT2D eigenvalue weighted by atomic mass is 79.9. The molecule has 1 aliphatic rings. The van der Waals surface area contributed by atoms with Crippen molar-refractivity contribution in [3.05, 3.63) is 164 Å². The van der Waals surface area contributed by atoms with Gasteiger partial charge in [0.15, 0.2) is 5.58 Å². The van der Waals surface area contributed by atoms with Crippen LogP contribution < -0.4 is 10.5 Å². The number of oxazole rings is 1. The number of hydrogen-bond acceptors (Lipinski definition) is 5. The average Bonchev–Trinajstić information content (AvgIpc) is 3.43. The van der Waals surface area contributed by atoms with Crippen molar-refractivity contribution in [2.75, 3.05) is 13.7 Å². The standard InChI is InChI=1S/C38H31BrF3N3O3/c1-24-20-30-29(34(44(24)23-37(40,41)42)33-32(47-2)21-28(39)22-43-33)18-19-31-35(30)48-36(46)45(31)38(25-12-6-3-7-13-25,26-14-8-4-9-15-26)27-16-10-5-11-17-27/h3-19,21-22,24,34H,20,23H2,1-2H3/t24-,34+/m1/s1. The van der Waals surface area contributed by atoms with E-state index < -0.39 is 36.1 Å². The first-order valence-corrected chi connectivity index (χ1v) is 16.3. The van der Waals surface area contributed by atoms with Crippen molar-refractivity contribution >= 4 is 27.0 Å². The second-order valence-electron chi connectivity index (χ2n) is 12.0. The van der Waals surface area contributed by atoms with Gasteiger partial charge in [0.1, 0.15) is 17.0 Å². The maximum Gasteiger partial charge on any atom is 0.421 e. The summed E-state index contributed by atoms with van der Waals surface area (Å²) in [5.41, 5.74) is 3.83. The van der Waals surface area contributed by atoms with Gasteiger partial charge < -0.3 is 9.15 Å². The first-order valence-electron chi connectivity index (χ1n) is 15.5. The summed E-state index contributed by atoms with van der Waals surface area (Å²) in [7, 11) is 1.47. The zero-order valence-corrected chi connectivity index (χ0v) is 27.7. The summed E-state index contributed by atoms with van der Waals surface area (Å²) < 4.78 is 56.4. The van der Waals surface area contributed by atoms with Crippen LogP contribution >= 0.6 is 15.9 Å². The Morgan fingerprint density at radius 2 is 1.46 bits per heavy atom. The lowest BCUT2D eigenvalue weighted by Gasteiger charge is -2.42. The van der Waals surface area contributed by atoms with E-state index in [1.807, 2.05) is 91.0 Å². The first kappa shape index (κ1) is 31.9. The topological polar surface area (TPSA) is 60.5 Å². The highest BCUT2D eigenvalue weighted by Crippen LogP contribution is 2.46. The van der Waals surface area contributed by atoms with Gasteiger partial charge in [0, 0.05) is 22.3 Å². The summed E-state index contributed by atoms with van der Waals surface area (Å²) in [5, 5.41) is 0. The van der Waals surface area contributed by atoms with Crippen LogP contribution in [0.3, 0.4) is 0 Å². The Hall–Kier alpha value is -4.67. The van der Waals surface area contributed by atoms with Crippen molar-refractivity contribution in [1.82, 2.24) is 14.5 Å². The second kappa shape index (κ2) is 12.4. The molecule has 0 radical (unpaired) electrons. The van der Waals surface area contributed by atoms with Crippen molar-refractivity contribution in [1.29, 1.82) is 0 Å². The average molecular weight is 715 g/mol. The molecule has 1 aliphatic heterocycles. The number of pyridine rings is 1. The summed E-state index contributed by atoms with van der Waals surface area (Å²) in [6.45, 7) is 0.602. The van der Waals surface area contributed by atoms with Crippen LogP contribution in [0.15, 0.2) is 129 Å². The minimum absolute atomic E-state index is 0.222. The van der Waals surface area contributed by atoms with Crippen molar-refractivity contribution in [2.45, 2.75) is 37.1 Å². The summed E-state index contributed by atoms with van der Waals surface area (Å²) in [6.07, 6.45) is -2.70. The number of fused-ring (bicyclic) bond motifs is 3. The van der Waals surface area contributed by atoms with Gasteiger partial charge in [0.05, 0.1) is 25.2 Å². The van der Waals surface area contributed by atoms with E-state index in [-0.39, 0.29) is 6.42 Å². The van der Waals surface area contributed by atoms with Gasteiger partial charge in [0.2, 0.25) is 0 Å². The number of aromatic nitrogens is 2. The summed E-state index contributed by atoms with van der Waals surface area (Å²) in [4.78, 5) is 20.4. The molecule has 0 spiro atoms. The van der Waals surface area contributed by atoms with Gasteiger partial charge >= 0.3 is 11.9 Å². The number of hydrogen-bond donors (Lipinski definition) is 0. The molecule has 3 heterocycles. The molecule has 0 unspecified atom stereocenters. The molecule has 6 nitrogen and oxygen atoms in total. The molecule has 0 amide bonds. The predicted octanol–water partition coefficient (Wildman–Crippen LogP) is 8.50. The predicted molar refractivity (Wildman–Crippen MR) is 181 cm³/mol. The Morgan fingerprint density at radius 1 is 0.896 bits per heavy atom. The number of alkyl halides is 3. The van der Waals surface area contributed by atoms with Crippen molar-refractivity contribution in [3.8, 4) is 5.75 Å². The van der Waals surface area contributed by atoms with Gasteiger partial charge in [-0.1, -0.05) is 97.1 Å². The molecule has 2 aromatic heterocycles. The zero-order valence-electron chi connectivity index (χ0n) is 26.1. The fraction of sp³-hybridized carbons (Fsp3) is 0.211. The largest absolute Gasteiger partial charge is 0.495 e. The molecular formula is C38H31BrF3N3O3. The number of benzene rings is 4. The van der Waals surface area contributed by atoms with Gasteiger partial charge in [-0.25, -0.2) is 4.79 Å². The number of halogens is 4. The molecule has 0 fully saturated rings. The fourth-order valence-electron chi connectivity index (χ4n) is 7.27. The van der Waals surface area contributed by atoms with Crippen LogP contribution in [0.1, 0.15) is 46.5 Å². The van der Waals surface area contributed by atoms with Gasteiger partial charge in [-0.3, -0.25) is 14.5 Å². The fourth-order valence-corrected chi connectivity index (χ4v) is 7.58. The van der Waals surface area contributed by atoms with E-state index in [0.29, 0.717) is 38.1 Å². The minimum Gasteiger partial charge on any atom is -0.495 e. The minimum atomic E-state index is -4.47. The number of methoxy groups -OCH3 is 1. The number of rotatable bonds is 7. The van der Waals surface area contributed by atoms with Crippen LogP contribution in [0.2, 0.25) is 0 Å². The summed E-state index contributed by atoms with van der Waals surface area (Å²) >= 11 is 3.40. The SMILES string of the molecule is COc1cc(Br)cnc1[C@@H]1c2ccc3c(oc(=O)n3C(c3ccccc3)(c3ccccc3)c3ccccc3)c2C[C@@H](C)N1CC(F)(F)F. The van der Waals surface area contributed by atoms with Crippen LogP contribution in [0.5, 0.6) is 5.75 Å². The zero-order chi connectivity index (χ0) is 33.6. The molecule has 0 aliphatic carbocycles. The third-order valence-electron chi connectivity index (χ3n) is 9.18. The van der Waals surface area contributed by atoms with E-state index in [9.17, 15) is 18.0 Å². The van der Waals surface area contributed by atoms with Crippen LogP contribution in [0.4, 0.5) is 13.2 Å². The summed E-state index contributed by atoms with van der Waals surface area (Å²) in [6, 6.07) is 33.1. The van der Waals surface area contributed by atoms with Gasteiger partial charge in [-0.2, -0.15) is 13.2 Å².